The number of hydrogen-bond acceptors (Lipinski definition) is 11. The fourth-order valence-electron chi connectivity index (χ4n) is 9.78. The van der Waals surface area contributed by atoms with E-state index in [4.69, 9.17) is 9.47 Å². The van der Waals surface area contributed by atoms with Crippen LogP contribution in [0.2, 0.25) is 0 Å². The minimum atomic E-state index is -0.999. The molecule has 3 saturated heterocycles. The van der Waals surface area contributed by atoms with E-state index in [1.165, 1.54) is 14.2 Å². The lowest BCUT2D eigenvalue weighted by Crippen LogP contribution is -2.53. The lowest BCUT2D eigenvalue weighted by Gasteiger charge is -2.32. The number of methoxy groups -OCH3 is 2. The molecule has 4 N–H and O–H groups in total. The van der Waals surface area contributed by atoms with Crippen LogP contribution < -0.4 is 10.6 Å². The molecular weight excluding hydrogens is 833 g/mol. The third-order valence-corrected chi connectivity index (χ3v) is 13.6. The fraction of sp³-hybridized carbons (Fsp3) is 0.458. The van der Waals surface area contributed by atoms with Crippen LogP contribution in [0, 0.1) is 35.5 Å². The monoisotopic (exact) mass is 884 g/mol. The molecule has 17 heteroatoms. The number of nitrogens with zero attached hydrogens (tertiary/aromatic N) is 4. The summed E-state index contributed by atoms with van der Waals surface area (Å²) < 4.78 is 14.9. The first-order valence-electron chi connectivity index (χ1n) is 22.2. The maximum absolute atomic E-state index is 13.9. The molecular formula is C48H52N8O9. The number of likely N-dealkylation sites (tertiary alicyclic amines) is 2. The number of ketones is 2. The van der Waals surface area contributed by atoms with Gasteiger partial charge in [-0.3, -0.25) is 19.2 Å². The van der Waals surface area contributed by atoms with Gasteiger partial charge in [0, 0.05) is 36.4 Å². The van der Waals surface area contributed by atoms with Gasteiger partial charge in [0.2, 0.25) is 11.6 Å². The Bertz CT molecular complexity index is 2550. The normalized spacial score (nSPS) is 23.9. The lowest BCUT2D eigenvalue weighted by molar-refractivity contribution is -0.148. The number of hydrogen-bond donors (Lipinski definition) is 4. The SMILES string of the molecule is COC(=O)N[C@H](C(=O)C(=O)N1[C@@H](c2ncc(-c3ccc(C#Cc4ccc(-c5cnc([C@@H]6C[C@H]7C[C@H]7N6C(=O)C(=O)[C@H](NC(=O)OC)C6CCOCC6)[nH]5)cc4)cc3)[nH]2)C[C@H]2C[C@H]21)C(C)C. The number of fused-ring (bicyclic) bond motifs is 2. The van der Waals surface area contributed by atoms with Crippen molar-refractivity contribution in [2.75, 3.05) is 27.4 Å². The number of aromatic amines is 2. The number of aromatic nitrogens is 4. The van der Waals surface area contributed by atoms with E-state index in [0.29, 0.717) is 62.4 Å². The highest BCUT2D eigenvalue weighted by Gasteiger charge is 2.58. The molecule has 5 heterocycles. The lowest BCUT2D eigenvalue weighted by atomic mass is 9.88. The van der Waals surface area contributed by atoms with E-state index in [1.54, 1.807) is 36.0 Å². The molecule has 338 valence electrons. The van der Waals surface area contributed by atoms with Gasteiger partial charge in [0.25, 0.3) is 11.8 Å². The molecule has 2 aromatic heterocycles. The molecule has 5 fully saturated rings. The Morgan fingerprint density at radius 1 is 0.677 bits per heavy atom. The molecule has 2 saturated carbocycles. The van der Waals surface area contributed by atoms with Crippen molar-refractivity contribution >= 4 is 35.6 Å². The average Bonchev–Trinajstić information content (AvgIpc) is 3.91. The number of carbonyl (C=O) groups is 6. The van der Waals surface area contributed by atoms with Crippen molar-refractivity contribution in [3.05, 3.63) is 83.7 Å². The first-order chi connectivity index (χ1) is 31.4. The first-order valence-corrected chi connectivity index (χ1v) is 22.2. The molecule has 0 unspecified atom stereocenters. The van der Waals surface area contributed by atoms with Gasteiger partial charge in [-0.1, -0.05) is 50.0 Å². The average molecular weight is 885 g/mol. The largest absolute Gasteiger partial charge is 0.453 e. The summed E-state index contributed by atoms with van der Waals surface area (Å²) in [5, 5.41) is 5.15. The summed E-state index contributed by atoms with van der Waals surface area (Å²) in [4.78, 5) is 98.2. The molecule has 2 aliphatic carbocycles. The number of carbonyl (C=O) groups excluding carboxylic acids is 6. The van der Waals surface area contributed by atoms with Crippen molar-refractivity contribution in [3.63, 3.8) is 0 Å². The molecule has 0 bridgehead atoms. The van der Waals surface area contributed by atoms with Gasteiger partial charge in [-0.25, -0.2) is 19.6 Å². The predicted molar refractivity (Wildman–Crippen MR) is 233 cm³/mol. The molecule has 65 heavy (non-hydrogen) atoms. The fourth-order valence-corrected chi connectivity index (χ4v) is 9.78. The molecule has 9 rings (SSSR count). The number of rotatable bonds is 12. The van der Waals surface area contributed by atoms with Crippen LogP contribution in [0.25, 0.3) is 22.5 Å². The van der Waals surface area contributed by atoms with Gasteiger partial charge in [0.1, 0.15) is 23.7 Å². The summed E-state index contributed by atoms with van der Waals surface area (Å²) in [5.74, 6) is 5.20. The van der Waals surface area contributed by atoms with E-state index in [1.807, 2.05) is 48.5 Å². The van der Waals surface area contributed by atoms with Crippen LogP contribution in [0.5, 0.6) is 0 Å². The zero-order valence-corrected chi connectivity index (χ0v) is 36.7. The number of amides is 4. The molecule has 17 nitrogen and oxygen atoms in total. The van der Waals surface area contributed by atoms with Crippen LogP contribution >= 0.6 is 0 Å². The first kappa shape index (κ1) is 43.5. The highest BCUT2D eigenvalue weighted by Crippen LogP contribution is 2.54. The summed E-state index contributed by atoms with van der Waals surface area (Å²) in [6.07, 6.45) is 6.14. The predicted octanol–water partition coefficient (Wildman–Crippen LogP) is 4.86. The molecule has 0 spiro atoms. The smallest absolute Gasteiger partial charge is 0.407 e. The van der Waals surface area contributed by atoms with Gasteiger partial charge in [0.05, 0.1) is 50.1 Å². The quantitative estimate of drug-likeness (QED) is 0.111. The van der Waals surface area contributed by atoms with Crippen LogP contribution in [-0.4, -0.2) is 117 Å². The standard InChI is InChI=1S/C48H52N8O9/c1-25(2)39(53-47(61)63-3)41(57)45(59)55-35-19-31(35)21-37(55)43-49-23-33(51-43)28-11-7-26(8-12-28)5-6-27-9-13-29(14-10-27)34-24-50-44(52-34)38-22-32-20-36(32)56(38)46(60)42(58)40(54-48(62)64-4)30-15-17-65-18-16-30/h7-14,23-25,30-32,35-40H,15-22H2,1-4H3,(H,49,51)(H,50,52)(H,53,61)(H,54,62)/t31-,32-,35-,36-,37-,38+,39+,40-/m1/s1. The van der Waals surface area contributed by atoms with E-state index in [9.17, 15) is 28.8 Å². The van der Waals surface area contributed by atoms with Crippen LogP contribution in [0.4, 0.5) is 9.59 Å². The van der Waals surface area contributed by atoms with Gasteiger partial charge in [-0.05, 0) is 97.6 Å². The van der Waals surface area contributed by atoms with Crippen LogP contribution in [0.1, 0.15) is 87.2 Å². The molecule has 5 aliphatic rings. The van der Waals surface area contributed by atoms with Gasteiger partial charge in [0.15, 0.2) is 0 Å². The Balaban J connectivity index is 0.827. The number of H-pyrrole nitrogens is 2. The van der Waals surface area contributed by atoms with E-state index < -0.39 is 47.7 Å². The minimum Gasteiger partial charge on any atom is -0.453 e. The highest BCUT2D eigenvalue weighted by atomic mass is 16.5. The van der Waals surface area contributed by atoms with Crippen molar-refractivity contribution in [2.45, 2.75) is 88.6 Å². The summed E-state index contributed by atoms with van der Waals surface area (Å²) in [7, 11) is 2.45. The molecule has 2 aromatic carbocycles. The topological polar surface area (TPSA) is 218 Å². The van der Waals surface area contributed by atoms with E-state index in [-0.39, 0.29) is 36.0 Å². The molecule has 3 aliphatic heterocycles. The zero-order chi connectivity index (χ0) is 45.5. The van der Waals surface area contributed by atoms with Crippen molar-refractivity contribution in [3.8, 4) is 34.4 Å². The third-order valence-electron chi connectivity index (χ3n) is 13.6. The van der Waals surface area contributed by atoms with Crippen LogP contribution in [-0.2, 0) is 33.4 Å². The second-order valence-electron chi connectivity index (χ2n) is 18.0. The Labute approximate surface area is 375 Å². The Kier molecular flexibility index (Phi) is 12.0. The minimum absolute atomic E-state index is 0.0265. The summed E-state index contributed by atoms with van der Waals surface area (Å²) in [5.41, 5.74) is 4.95. The zero-order valence-electron chi connectivity index (χ0n) is 36.7. The van der Waals surface area contributed by atoms with Crippen LogP contribution in [0.3, 0.4) is 0 Å². The van der Waals surface area contributed by atoms with E-state index >= 15 is 0 Å². The second-order valence-corrected chi connectivity index (χ2v) is 18.0. The number of ether oxygens (including phenoxy) is 3. The van der Waals surface area contributed by atoms with E-state index in [0.717, 1.165) is 46.5 Å². The van der Waals surface area contributed by atoms with Gasteiger partial charge in [-0.2, -0.15) is 0 Å². The summed E-state index contributed by atoms with van der Waals surface area (Å²) in [6, 6.07) is 12.7. The second kappa shape index (κ2) is 18.0. The van der Waals surface area contributed by atoms with Gasteiger partial charge in [-0.15, -0.1) is 0 Å². The number of Topliss-reactive ketones (excluding diaryl/α,β-unsaturated/α-hetero) is 2. The summed E-state index contributed by atoms with van der Waals surface area (Å²) >= 11 is 0. The Morgan fingerprint density at radius 2 is 1.14 bits per heavy atom. The third kappa shape index (κ3) is 8.87. The van der Waals surface area contributed by atoms with Gasteiger partial charge < -0.3 is 44.6 Å². The van der Waals surface area contributed by atoms with Crippen molar-refractivity contribution in [1.82, 2.24) is 40.4 Å². The maximum atomic E-state index is 13.9. The highest BCUT2D eigenvalue weighted by molar-refractivity contribution is 6.39. The number of piperidine rings is 2. The molecule has 8 atom stereocenters. The number of alkyl carbamates (subject to hydrolysis) is 2. The van der Waals surface area contributed by atoms with Crippen molar-refractivity contribution in [2.24, 2.45) is 23.7 Å². The number of benzene rings is 2. The number of nitrogens with one attached hydrogen (secondary N) is 4. The Hall–Kier alpha value is -6.80. The maximum Gasteiger partial charge on any atom is 0.407 e. The van der Waals surface area contributed by atoms with Crippen molar-refractivity contribution < 1.29 is 43.0 Å². The van der Waals surface area contributed by atoms with E-state index in [2.05, 4.69) is 47.1 Å². The molecule has 4 amide bonds. The summed E-state index contributed by atoms with van der Waals surface area (Å²) in [6.45, 7) is 4.45. The number of imidazole rings is 2. The van der Waals surface area contributed by atoms with Crippen LogP contribution in [0.15, 0.2) is 60.9 Å². The van der Waals surface area contributed by atoms with Gasteiger partial charge >= 0.3 is 12.2 Å². The molecule has 4 aromatic rings. The Morgan fingerprint density at radius 3 is 1.60 bits per heavy atom. The van der Waals surface area contributed by atoms with Crippen molar-refractivity contribution in [1.29, 1.82) is 0 Å². The molecule has 0 radical (unpaired) electrons.